The zero-order valence-electron chi connectivity index (χ0n) is 21.2. The topological polar surface area (TPSA) is 114 Å². The second-order valence-corrected chi connectivity index (χ2v) is 9.70. The number of alkyl halides is 3. The van der Waals surface area contributed by atoms with Gasteiger partial charge in [-0.1, -0.05) is 20.8 Å². The second kappa shape index (κ2) is 9.61. The monoisotopic (exact) mass is 519 g/mol. The summed E-state index contributed by atoms with van der Waals surface area (Å²) in [6.45, 7) is 8.36. The molecule has 1 fully saturated rings. The molecule has 0 radical (unpaired) electrons. The third-order valence-electron chi connectivity index (χ3n) is 6.01. The zero-order chi connectivity index (χ0) is 27.1. The van der Waals surface area contributed by atoms with E-state index in [2.05, 4.69) is 25.7 Å². The summed E-state index contributed by atoms with van der Waals surface area (Å²) >= 11 is 0. The van der Waals surface area contributed by atoms with Gasteiger partial charge in [-0.25, -0.2) is 14.5 Å². The number of hydrogen-bond acceptors (Lipinski definition) is 7. The number of nitrogens with one attached hydrogen (secondary N) is 2. The number of ether oxygens (including phenoxy) is 1. The van der Waals surface area contributed by atoms with Crippen LogP contribution in [0.2, 0.25) is 0 Å². The molecule has 37 heavy (non-hydrogen) atoms. The second-order valence-electron chi connectivity index (χ2n) is 9.70. The molecule has 0 bridgehead atoms. The molecule has 0 aliphatic carbocycles. The summed E-state index contributed by atoms with van der Waals surface area (Å²) in [5.41, 5.74) is -0.963. The van der Waals surface area contributed by atoms with Gasteiger partial charge in [0.15, 0.2) is 11.6 Å². The van der Waals surface area contributed by atoms with Gasteiger partial charge in [0.2, 0.25) is 5.91 Å². The number of halogens is 3. The van der Waals surface area contributed by atoms with Gasteiger partial charge in [-0.15, -0.1) is 5.10 Å². The van der Waals surface area contributed by atoms with Gasteiger partial charge in [0.05, 0.1) is 35.6 Å². The number of pyridine rings is 1. The fourth-order valence-electron chi connectivity index (χ4n) is 3.89. The van der Waals surface area contributed by atoms with Crippen LogP contribution in [0.25, 0.3) is 16.9 Å². The van der Waals surface area contributed by atoms with Crippen molar-refractivity contribution in [1.82, 2.24) is 24.9 Å². The van der Waals surface area contributed by atoms with Crippen molar-refractivity contribution in [1.29, 1.82) is 0 Å². The summed E-state index contributed by atoms with van der Waals surface area (Å²) in [5.74, 6) is -0.897. The number of aromatic nitrogens is 4. The molecule has 4 heterocycles. The van der Waals surface area contributed by atoms with Crippen molar-refractivity contribution in [3.8, 4) is 11.4 Å². The van der Waals surface area contributed by atoms with E-state index in [0.29, 0.717) is 48.9 Å². The number of morpholine rings is 1. The van der Waals surface area contributed by atoms with Crippen molar-refractivity contribution in [2.24, 2.45) is 5.41 Å². The van der Waals surface area contributed by atoms with Crippen molar-refractivity contribution in [3.05, 3.63) is 35.2 Å². The maximum absolute atomic E-state index is 14.2. The minimum Gasteiger partial charge on any atom is -0.378 e. The normalized spacial score (nSPS) is 14.6. The number of rotatable bonds is 4. The molecule has 10 nitrogen and oxygen atoms in total. The highest BCUT2D eigenvalue weighted by atomic mass is 19.4. The lowest BCUT2D eigenvalue weighted by atomic mass is 9.96. The maximum Gasteiger partial charge on any atom is 0.417 e. The first-order chi connectivity index (χ1) is 17.3. The SMILES string of the molecule is CNC(=O)c1cc2c(N3CCOCC3)nc(-c3cnc(NC(=O)C(C)(C)C)cc3C(F)(F)F)nn2c1C. The Morgan fingerprint density at radius 3 is 2.38 bits per heavy atom. The fraction of sp³-hybridized carbons (Fsp3) is 0.458. The Balaban J connectivity index is 1.91. The number of amides is 2. The third kappa shape index (κ3) is 5.22. The predicted molar refractivity (Wildman–Crippen MR) is 130 cm³/mol. The Labute approximate surface area is 211 Å². The zero-order valence-corrected chi connectivity index (χ0v) is 21.2. The van der Waals surface area contributed by atoms with Gasteiger partial charge in [0, 0.05) is 31.7 Å². The van der Waals surface area contributed by atoms with Crippen LogP contribution in [0.5, 0.6) is 0 Å². The molecule has 198 valence electrons. The van der Waals surface area contributed by atoms with Gasteiger partial charge in [0.1, 0.15) is 11.3 Å². The highest BCUT2D eigenvalue weighted by Crippen LogP contribution is 2.38. The molecule has 4 rings (SSSR count). The largest absolute Gasteiger partial charge is 0.417 e. The summed E-state index contributed by atoms with van der Waals surface area (Å²) in [7, 11) is 1.49. The van der Waals surface area contributed by atoms with Crippen molar-refractivity contribution >= 4 is 29.0 Å². The molecular weight excluding hydrogens is 491 g/mol. The molecule has 0 unspecified atom stereocenters. The van der Waals surface area contributed by atoms with E-state index in [0.717, 1.165) is 12.3 Å². The summed E-state index contributed by atoms with van der Waals surface area (Å²) < 4.78 is 49.5. The molecule has 13 heteroatoms. The number of carbonyl (C=O) groups is 2. The molecule has 0 saturated carbocycles. The first-order valence-electron chi connectivity index (χ1n) is 11.7. The summed E-state index contributed by atoms with van der Waals surface area (Å²) in [6, 6.07) is 2.40. The Bertz CT molecular complexity index is 1360. The smallest absolute Gasteiger partial charge is 0.378 e. The molecule has 1 saturated heterocycles. The number of aryl methyl sites for hydroxylation is 1. The van der Waals surface area contributed by atoms with E-state index in [1.165, 1.54) is 11.6 Å². The first kappa shape index (κ1) is 26.3. The Hall–Kier alpha value is -3.74. The highest BCUT2D eigenvalue weighted by molar-refractivity contribution is 5.98. The number of carbonyl (C=O) groups excluding carboxylic acids is 2. The van der Waals surface area contributed by atoms with Crippen LogP contribution in [-0.4, -0.2) is 64.7 Å². The first-order valence-corrected chi connectivity index (χ1v) is 11.7. The number of fused-ring (bicyclic) bond motifs is 1. The van der Waals surface area contributed by atoms with Gasteiger partial charge >= 0.3 is 6.18 Å². The Morgan fingerprint density at radius 1 is 1.11 bits per heavy atom. The molecule has 1 aliphatic rings. The van der Waals surface area contributed by atoms with Crippen LogP contribution >= 0.6 is 0 Å². The minimum absolute atomic E-state index is 0.218. The van der Waals surface area contributed by atoms with Crippen molar-refractivity contribution < 1.29 is 27.5 Å². The number of nitrogens with zero attached hydrogens (tertiary/aromatic N) is 5. The molecule has 3 aromatic heterocycles. The highest BCUT2D eigenvalue weighted by Gasteiger charge is 2.36. The molecule has 3 aromatic rings. The number of hydrogen-bond donors (Lipinski definition) is 2. The summed E-state index contributed by atoms with van der Waals surface area (Å²) in [4.78, 5) is 35.2. The van der Waals surface area contributed by atoms with Crippen LogP contribution in [0.4, 0.5) is 24.8 Å². The Morgan fingerprint density at radius 2 is 1.78 bits per heavy atom. The average Bonchev–Trinajstić information content (AvgIpc) is 3.18. The average molecular weight is 520 g/mol. The van der Waals surface area contributed by atoms with Gasteiger partial charge in [-0.3, -0.25) is 9.59 Å². The van der Waals surface area contributed by atoms with Crippen LogP contribution in [0, 0.1) is 12.3 Å². The lowest BCUT2D eigenvalue weighted by molar-refractivity contribution is -0.137. The maximum atomic E-state index is 14.2. The van der Waals surface area contributed by atoms with Crippen LogP contribution in [0.1, 0.15) is 42.4 Å². The Kier molecular flexibility index (Phi) is 6.84. The fourth-order valence-corrected chi connectivity index (χ4v) is 3.89. The quantitative estimate of drug-likeness (QED) is 0.544. The van der Waals surface area contributed by atoms with Gasteiger partial charge in [0.25, 0.3) is 5.91 Å². The van der Waals surface area contributed by atoms with E-state index in [-0.39, 0.29) is 23.1 Å². The van der Waals surface area contributed by atoms with E-state index in [1.54, 1.807) is 33.8 Å². The molecular formula is C24H28F3N7O3. The summed E-state index contributed by atoms with van der Waals surface area (Å²) in [6.07, 6.45) is -3.78. The van der Waals surface area contributed by atoms with Crippen molar-refractivity contribution in [2.45, 2.75) is 33.9 Å². The molecule has 0 atom stereocenters. The van der Waals surface area contributed by atoms with E-state index in [1.807, 2.05) is 4.90 Å². The lowest BCUT2D eigenvalue weighted by Gasteiger charge is -2.28. The van der Waals surface area contributed by atoms with Crippen LogP contribution in [0.3, 0.4) is 0 Å². The molecule has 1 aliphatic heterocycles. The standard InChI is InChI=1S/C24H28F3N7O3/c1-13-14(21(35)28-5)10-17-20(33-6-8-37-9-7-33)31-19(32-34(13)17)15-12-29-18(11-16(15)24(25,26)27)30-22(36)23(2,3)4/h10-12H,6-9H2,1-5H3,(H,28,35)(H,29,30,36). The summed E-state index contributed by atoms with van der Waals surface area (Å²) in [5, 5.41) is 9.38. The predicted octanol–water partition coefficient (Wildman–Crippen LogP) is 3.30. The minimum atomic E-state index is -4.78. The van der Waals surface area contributed by atoms with E-state index in [9.17, 15) is 22.8 Å². The van der Waals surface area contributed by atoms with E-state index >= 15 is 0 Å². The van der Waals surface area contributed by atoms with Gasteiger partial charge in [-0.05, 0) is 19.1 Å². The lowest BCUT2D eigenvalue weighted by Crippen LogP contribution is -2.37. The van der Waals surface area contributed by atoms with Crippen molar-refractivity contribution in [3.63, 3.8) is 0 Å². The molecule has 0 spiro atoms. The van der Waals surface area contributed by atoms with E-state index < -0.39 is 23.1 Å². The molecule has 2 amide bonds. The number of anilines is 2. The van der Waals surface area contributed by atoms with Gasteiger partial charge < -0.3 is 20.3 Å². The van der Waals surface area contributed by atoms with Crippen LogP contribution < -0.4 is 15.5 Å². The van der Waals surface area contributed by atoms with Crippen molar-refractivity contribution in [2.75, 3.05) is 43.6 Å². The third-order valence-corrected chi connectivity index (χ3v) is 6.01. The molecule has 2 N–H and O–H groups in total. The van der Waals surface area contributed by atoms with Gasteiger partial charge in [-0.2, -0.15) is 13.2 Å². The van der Waals surface area contributed by atoms with Crippen LogP contribution in [0.15, 0.2) is 18.3 Å². The van der Waals surface area contributed by atoms with E-state index in [4.69, 9.17) is 4.74 Å². The molecule has 0 aromatic carbocycles. The van der Waals surface area contributed by atoms with Crippen LogP contribution in [-0.2, 0) is 15.7 Å².